The van der Waals surface area contributed by atoms with Gasteiger partial charge < -0.3 is 10.2 Å². The first kappa shape index (κ1) is 15.8. The summed E-state index contributed by atoms with van der Waals surface area (Å²) in [6, 6.07) is 0.176. The van der Waals surface area contributed by atoms with Gasteiger partial charge in [-0.1, -0.05) is 20.8 Å². The molecule has 1 saturated heterocycles. The summed E-state index contributed by atoms with van der Waals surface area (Å²) in [6.45, 7) is 8.60. The lowest BCUT2D eigenvalue weighted by Crippen LogP contribution is -2.50. The third-order valence-electron chi connectivity index (χ3n) is 3.16. The molecule has 18 heavy (non-hydrogen) atoms. The molecule has 1 heterocycles. The van der Waals surface area contributed by atoms with Crippen LogP contribution in [0.3, 0.4) is 0 Å². The Labute approximate surface area is 108 Å². The van der Waals surface area contributed by atoms with Crippen molar-refractivity contribution < 1.29 is 13.2 Å². The first-order chi connectivity index (χ1) is 8.05. The zero-order valence-corrected chi connectivity index (χ0v) is 11.8. The molecule has 1 aliphatic rings. The number of hydrogen-bond donors (Lipinski definition) is 1. The predicted octanol–water partition coefficient (Wildman–Crippen LogP) is 2.89. The van der Waals surface area contributed by atoms with Crippen LogP contribution in [0, 0.1) is 11.3 Å². The van der Waals surface area contributed by atoms with Crippen LogP contribution in [-0.4, -0.2) is 43.8 Å². The smallest absolute Gasteiger partial charge is 0.312 e. The normalized spacial score (nSPS) is 27.5. The number of hydrogen-bond acceptors (Lipinski definition) is 2. The van der Waals surface area contributed by atoms with Gasteiger partial charge in [-0.15, -0.1) is 0 Å². The number of alkyl halides is 3. The molecule has 0 spiro atoms. The molecule has 0 aromatic heterocycles. The maximum atomic E-state index is 12.4. The molecule has 0 aromatic carbocycles. The minimum Gasteiger partial charge on any atom is -0.312 e. The molecule has 1 N–H and O–H groups in total. The van der Waals surface area contributed by atoms with Crippen molar-refractivity contribution in [3.8, 4) is 0 Å². The van der Waals surface area contributed by atoms with Crippen LogP contribution >= 0.6 is 0 Å². The standard InChI is InChI=1S/C13H25F3N2/c1-12(2,3)9-17-11-5-10(6-13(14,15)16)7-18(4)8-11/h10-11,17H,5-9H2,1-4H3. The second kappa shape index (κ2) is 5.78. The molecule has 1 rings (SSSR count). The highest BCUT2D eigenvalue weighted by molar-refractivity contribution is 4.84. The van der Waals surface area contributed by atoms with Gasteiger partial charge in [0.25, 0.3) is 0 Å². The molecule has 0 aliphatic carbocycles. The number of piperidine rings is 1. The molecule has 108 valence electrons. The van der Waals surface area contributed by atoms with E-state index in [2.05, 4.69) is 26.1 Å². The SMILES string of the molecule is CN1CC(CC(F)(F)F)CC(NCC(C)(C)C)C1. The molecule has 0 saturated carbocycles. The van der Waals surface area contributed by atoms with E-state index in [0.29, 0.717) is 13.0 Å². The Balaban J connectivity index is 2.45. The Morgan fingerprint density at radius 2 is 1.78 bits per heavy atom. The highest BCUT2D eigenvalue weighted by atomic mass is 19.4. The van der Waals surface area contributed by atoms with Gasteiger partial charge in [0.2, 0.25) is 0 Å². The summed E-state index contributed by atoms with van der Waals surface area (Å²) in [6.07, 6.45) is -4.08. The van der Waals surface area contributed by atoms with Crippen molar-refractivity contribution in [2.24, 2.45) is 11.3 Å². The minimum atomic E-state index is -4.04. The molecule has 0 aromatic rings. The molecule has 1 aliphatic heterocycles. The van der Waals surface area contributed by atoms with Crippen molar-refractivity contribution in [1.29, 1.82) is 0 Å². The first-order valence-corrected chi connectivity index (χ1v) is 6.54. The van der Waals surface area contributed by atoms with Crippen LogP contribution in [0.4, 0.5) is 13.2 Å². The number of rotatable bonds is 3. The monoisotopic (exact) mass is 266 g/mol. The summed E-state index contributed by atoms with van der Waals surface area (Å²) in [5, 5.41) is 3.40. The summed E-state index contributed by atoms with van der Waals surface area (Å²) >= 11 is 0. The predicted molar refractivity (Wildman–Crippen MR) is 67.5 cm³/mol. The van der Waals surface area contributed by atoms with Crippen LogP contribution < -0.4 is 5.32 Å². The van der Waals surface area contributed by atoms with Gasteiger partial charge in [0.05, 0.1) is 0 Å². The van der Waals surface area contributed by atoms with E-state index in [-0.39, 0.29) is 17.4 Å². The second-order valence-electron chi connectivity index (χ2n) is 6.78. The average Bonchev–Trinajstić information content (AvgIpc) is 2.09. The lowest BCUT2D eigenvalue weighted by molar-refractivity contribution is -0.148. The van der Waals surface area contributed by atoms with Crippen LogP contribution in [0.15, 0.2) is 0 Å². The maximum Gasteiger partial charge on any atom is 0.389 e. The minimum absolute atomic E-state index is 0.162. The van der Waals surface area contributed by atoms with Gasteiger partial charge in [-0.3, -0.25) is 0 Å². The van der Waals surface area contributed by atoms with Gasteiger partial charge >= 0.3 is 6.18 Å². The third kappa shape index (κ3) is 6.59. The molecule has 2 unspecified atom stereocenters. The summed E-state index contributed by atoms with van der Waals surface area (Å²) in [7, 11) is 1.90. The van der Waals surface area contributed by atoms with E-state index >= 15 is 0 Å². The van der Waals surface area contributed by atoms with Crippen molar-refractivity contribution in [3.63, 3.8) is 0 Å². The number of likely N-dealkylation sites (tertiary alicyclic amines) is 1. The third-order valence-corrected chi connectivity index (χ3v) is 3.16. The second-order valence-corrected chi connectivity index (χ2v) is 6.78. The number of nitrogens with zero attached hydrogens (tertiary/aromatic N) is 1. The molecule has 5 heteroatoms. The molecule has 1 fully saturated rings. The van der Waals surface area contributed by atoms with Gasteiger partial charge in [0.1, 0.15) is 0 Å². The van der Waals surface area contributed by atoms with E-state index in [1.807, 2.05) is 11.9 Å². The summed E-state index contributed by atoms with van der Waals surface area (Å²) in [5.74, 6) is -0.277. The first-order valence-electron chi connectivity index (χ1n) is 6.54. The average molecular weight is 266 g/mol. The van der Waals surface area contributed by atoms with Crippen molar-refractivity contribution in [2.75, 3.05) is 26.7 Å². The van der Waals surface area contributed by atoms with E-state index in [9.17, 15) is 13.2 Å². The number of halogens is 3. The van der Waals surface area contributed by atoms with Crippen LogP contribution in [-0.2, 0) is 0 Å². The van der Waals surface area contributed by atoms with Gasteiger partial charge in [-0.05, 0) is 24.8 Å². The Morgan fingerprint density at radius 3 is 2.28 bits per heavy atom. The fraction of sp³-hybridized carbons (Fsp3) is 1.00. The molecule has 0 radical (unpaired) electrons. The lowest BCUT2D eigenvalue weighted by atomic mass is 9.90. The fourth-order valence-corrected chi connectivity index (χ4v) is 2.52. The Hall–Kier alpha value is -0.290. The number of nitrogens with one attached hydrogen (secondary N) is 1. The fourth-order valence-electron chi connectivity index (χ4n) is 2.52. The van der Waals surface area contributed by atoms with Gasteiger partial charge in [0.15, 0.2) is 0 Å². The van der Waals surface area contributed by atoms with Crippen LogP contribution in [0.5, 0.6) is 0 Å². The largest absolute Gasteiger partial charge is 0.389 e. The van der Waals surface area contributed by atoms with Crippen LogP contribution in [0.1, 0.15) is 33.6 Å². The molecule has 0 amide bonds. The molecule has 0 bridgehead atoms. The van der Waals surface area contributed by atoms with E-state index in [1.165, 1.54) is 0 Å². The van der Waals surface area contributed by atoms with E-state index < -0.39 is 12.6 Å². The lowest BCUT2D eigenvalue weighted by Gasteiger charge is -2.37. The van der Waals surface area contributed by atoms with Crippen LogP contribution in [0.2, 0.25) is 0 Å². The van der Waals surface area contributed by atoms with Crippen molar-refractivity contribution >= 4 is 0 Å². The van der Waals surface area contributed by atoms with E-state index in [4.69, 9.17) is 0 Å². The van der Waals surface area contributed by atoms with Gasteiger partial charge in [0, 0.05) is 32.1 Å². The van der Waals surface area contributed by atoms with E-state index in [1.54, 1.807) is 0 Å². The zero-order chi connectivity index (χ0) is 14.0. The Morgan fingerprint density at radius 1 is 1.17 bits per heavy atom. The van der Waals surface area contributed by atoms with Crippen molar-refractivity contribution in [1.82, 2.24) is 10.2 Å². The van der Waals surface area contributed by atoms with E-state index in [0.717, 1.165) is 13.1 Å². The number of likely N-dealkylation sites (N-methyl/N-ethyl adjacent to an activating group) is 1. The topological polar surface area (TPSA) is 15.3 Å². The highest BCUT2D eigenvalue weighted by Gasteiger charge is 2.35. The van der Waals surface area contributed by atoms with Crippen LogP contribution in [0.25, 0.3) is 0 Å². The van der Waals surface area contributed by atoms with Crippen molar-refractivity contribution in [2.45, 2.75) is 45.8 Å². The maximum absolute atomic E-state index is 12.4. The zero-order valence-electron chi connectivity index (χ0n) is 11.8. The summed E-state index contributed by atoms with van der Waals surface area (Å²) < 4.78 is 37.3. The molecular weight excluding hydrogens is 241 g/mol. The summed E-state index contributed by atoms with van der Waals surface area (Å²) in [5.41, 5.74) is 0.162. The van der Waals surface area contributed by atoms with Crippen molar-refractivity contribution in [3.05, 3.63) is 0 Å². The molecule has 2 atom stereocenters. The van der Waals surface area contributed by atoms with Gasteiger partial charge in [-0.2, -0.15) is 13.2 Å². The Kier molecular flexibility index (Phi) is 5.06. The quantitative estimate of drug-likeness (QED) is 0.845. The van der Waals surface area contributed by atoms with Gasteiger partial charge in [-0.25, -0.2) is 0 Å². The molecule has 2 nitrogen and oxygen atoms in total. The highest BCUT2D eigenvalue weighted by Crippen LogP contribution is 2.30. The molecular formula is C13H25F3N2. The summed E-state index contributed by atoms with van der Waals surface area (Å²) in [4.78, 5) is 2.00. The Bertz CT molecular complexity index is 258.